The Hall–Kier alpha value is -1.76. The predicted octanol–water partition coefficient (Wildman–Crippen LogP) is 2.59. The fourth-order valence-corrected chi connectivity index (χ4v) is 2.30. The smallest absolute Gasteiger partial charge is 0.177 e. The predicted molar refractivity (Wildman–Crippen MR) is 73.8 cm³/mol. The van der Waals surface area contributed by atoms with E-state index in [9.17, 15) is 4.39 Å². The Balaban J connectivity index is 2.67. The van der Waals surface area contributed by atoms with E-state index in [1.54, 1.807) is 13.1 Å². The van der Waals surface area contributed by atoms with Crippen LogP contribution in [0.3, 0.4) is 0 Å². The molecular formula is C12H13BrFN3O2. The molecule has 19 heavy (non-hydrogen) atoms. The zero-order valence-electron chi connectivity index (χ0n) is 10.7. The number of hydrogen-bond donors (Lipinski definition) is 1. The Morgan fingerprint density at radius 2 is 2.00 bits per heavy atom. The number of anilines is 1. The first kappa shape index (κ1) is 13.7. The monoisotopic (exact) mass is 329 g/mol. The average Bonchev–Trinajstić information content (AvgIpc) is 2.72. The summed E-state index contributed by atoms with van der Waals surface area (Å²) in [6.45, 7) is 0. The van der Waals surface area contributed by atoms with Crippen LogP contribution in [-0.2, 0) is 7.05 Å². The standard InChI is InChI=1S/C12H13BrFN3O2/c1-17-9(15)5-7(16-17)6-4-8(18-2)12(19-3)10(13)11(6)14/h4-5H,15H2,1-3H3. The summed E-state index contributed by atoms with van der Waals surface area (Å²) >= 11 is 3.16. The first-order chi connectivity index (χ1) is 8.99. The molecule has 1 aromatic carbocycles. The number of nitrogens with two attached hydrogens (primary N) is 1. The van der Waals surface area contributed by atoms with E-state index in [-0.39, 0.29) is 10.0 Å². The van der Waals surface area contributed by atoms with Crippen LogP contribution in [0.4, 0.5) is 10.2 Å². The van der Waals surface area contributed by atoms with E-state index in [4.69, 9.17) is 15.2 Å². The van der Waals surface area contributed by atoms with Crippen LogP contribution >= 0.6 is 15.9 Å². The van der Waals surface area contributed by atoms with Crippen molar-refractivity contribution in [2.24, 2.45) is 7.05 Å². The normalized spacial score (nSPS) is 10.6. The SMILES string of the molecule is COc1cc(-c2cc(N)n(C)n2)c(F)c(Br)c1OC. The zero-order valence-corrected chi connectivity index (χ0v) is 12.3. The number of ether oxygens (including phenoxy) is 2. The molecule has 0 atom stereocenters. The van der Waals surface area contributed by atoms with Crippen molar-refractivity contribution in [2.75, 3.05) is 20.0 Å². The maximum absolute atomic E-state index is 14.3. The number of aryl methyl sites for hydroxylation is 1. The summed E-state index contributed by atoms with van der Waals surface area (Å²) in [7, 11) is 4.62. The Kier molecular flexibility index (Phi) is 3.66. The maximum atomic E-state index is 14.3. The van der Waals surface area contributed by atoms with E-state index in [2.05, 4.69) is 21.0 Å². The van der Waals surface area contributed by atoms with Gasteiger partial charge in [-0.1, -0.05) is 0 Å². The van der Waals surface area contributed by atoms with Gasteiger partial charge in [-0.3, -0.25) is 4.68 Å². The second kappa shape index (κ2) is 5.08. The molecule has 1 heterocycles. The molecule has 0 fully saturated rings. The minimum absolute atomic E-state index is 0.188. The Morgan fingerprint density at radius 3 is 2.47 bits per heavy atom. The van der Waals surface area contributed by atoms with Gasteiger partial charge in [-0.15, -0.1) is 0 Å². The Bertz CT molecular complexity index is 608. The summed E-state index contributed by atoms with van der Waals surface area (Å²) in [4.78, 5) is 0. The van der Waals surface area contributed by atoms with E-state index >= 15 is 0 Å². The largest absolute Gasteiger partial charge is 0.493 e. The Morgan fingerprint density at radius 1 is 1.32 bits per heavy atom. The summed E-state index contributed by atoms with van der Waals surface area (Å²) < 4.78 is 26.3. The lowest BCUT2D eigenvalue weighted by atomic mass is 10.1. The van der Waals surface area contributed by atoms with Crippen molar-refractivity contribution in [3.8, 4) is 22.8 Å². The van der Waals surface area contributed by atoms with Crippen LogP contribution in [0.5, 0.6) is 11.5 Å². The van der Waals surface area contributed by atoms with Crippen LogP contribution < -0.4 is 15.2 Å². The van der Waals surface area contributed by atoms with Crippen molar-refractivity contribution in [3.63, 3.8) is 0 Å². The third kappa shape index (κ3) is 2.25. The summed E-state index contributed by atoms with van der Waals surface area (Å²) in [5.74, 6) is 0.679. The fourth-order valence-electron chi connectivity index (χ4n) is 1.73. The number of halogens is 2. The van der Waals surface area contributed by atoms with Crippen LogP contribution in [0.1, 0.15) is 0 Å². The van der Waals surface area contributed by atoms with Gasteiger partial charge in [0.25, 0.3) is 0 Å². The third-order valence-electron chi connectivity index (χ3n) is 2.74. The van der Waals surface area contributed by atoms with Crippen molar-refractivity contribution in [1.82, 2.24) is 9.78 Å². The van der Waals surface area contributed by atoms with Crippen molar-refractivity contribution in [2.45, 2.75) is 0 Å². The van der Waals surface area contributed by atoms with Gasteiger partial charge < -0.3 is 15.2 Å². The van der Waals surface area contributed by atoms with E-state index in [0.717, 1.165) is 0 Å². The van der Waals surface area contributed by atoms with Crippen molar-refractivity contribution in [3.05, 3.63) is 22.4 Å². The second-order valence-electron chi connectivity index (χ2n) is 3.87. The summed E-state index contributed by atoms with van der Waals surface area (Å²) in [5.41, 5.74) is 6.42. The lowest BCUT2D eigenvalue weighted by Gasteiger charge is -2.12. The lowest BCUT2D eigenvalue weighted by Crippen LogP contribution is -1.98. The molecule has 2 aromatic rings. The number of methoxy groups -OCH3 is 2. The van der Waals surface area contributed by atoms with E-state index in [1.807, 2.05) is 0 Å². The molecule has 0 unspecified atom stereocenters. The molecular weight excluding hydrogens is 317 g/mol. The highest BCUT2D eigenvalue weighted by Crippen LogP contribution is 2.42. The maximum Gasteiger partial charge on any atom is 0.177 e. The fraction of sp³-hybridized carbons (Fsp3) is 0.250. The van der Waals surface area contributed by atoms with Crippen LogP contribution in [0.2, 0.25) is 0 Å². The highest BCUT2D eigenvalue weighted by molar-refractivity contribution is 9.10. The quantitative estimate of drug-likeness (QED) is 0.940. The van der Waals surface area contributed by atoms with Gasteiger partial charge in [-0.05, 0) is 22.0 Å². The molecule has 0 aliphatic carbocycles. The molecule has 0 bridgehead atoms. The molecule has 0 aliphatic rings. The van der Waals surface area contributed by atoms with Gasteiger partial charge >= 0.3 is 0 Å². The second-order valence-corrected chi connectivity index (χ2v) is 4.66. The van der Waals surface area contributed by atoms with Gasteiger partial charge in [0.05, 0.1) is 24.4 Å². The number of rotatable bonds is 3. The van der Waals surface area contributed by atoms with Gasteiger partial charge in [0.15, 0.2) is 17.3 Å². The molecule has 102 valence electrons. The van der Waals surface area contributed by atoms with Crippen LogP contribution in [0.25, 0.3) is 11.3 Å². The topological polar surface area (TPSA) is 62.3 Å². The van der Waals surface area contributed by atoms with Crippen molar-refractivity contribution in [1.29, 1.82) is 0 Å². The van der Waals surface area contributed by atoms with Crippen LogP contribution in [-0.4, -0.2) is 24.0 Å². The third-order valence-corrected chi connectivity index (χ3v) is 3.45. The summed E-state index contributed by atoms with van der Waals surface area (Å²) in [6.07, 6.45) is 0. The first-order valence-electron chi connectivity index (χ1n) is 5.39. The van der Waals surface area contributed by atoms with Crippen molar-refractivity contribution >= 4 is 21.7 Å². The van der Waals surface area contributed by atoms with E-state index < -0.39 is 5.82 Å². The van der Waals surface area contributed by atoms with Gasteiger partial charge in [-0.2, -0.15) is 5.10 Å². The van der Waals surface area contributed by atoms with Gasteiger partial charge in [0.2, 0.25) is 0 Å². The minimum Gasteiger partial charge on any atom is -0.493 e. The molecule has 1 aromatic heterocycles. The van der Waals surface area contributed by atoms with Crippen molar-refractivity contribution < 1.29 is 13.9 Å². The number of hydrogen-bond acceptors (Lipinski definition) is 4. The van der Waals surface area contributed by atoms with Gasteiger partial charge in [0.1, 0.15) is 5.82 Å². The number of nitrogens with zero attached hydrogens (tertiary/aromatic N) is 2. The zero-order chi connectivity index (χ0) is 14.2. The minimum atomic E-state index is -0.476. The van der Waals surface area contributed by atoms with Gasteiger partial charge in [-0.25, -0.2) is 4.39 Å². The molecule has 2 rings (SSSR count). The molecule has 2 N–H and O–H groups in total. The molecule has 0 radical (unpaired) electrons. The van der Waals surface area contributed by atoms with Gasteiger partial charge in [0, 0.05) is 18.7 Å². The number of aromatic nitrogens is 2. The molecule has 0 saturated carbocycles. The molecule has 7 heteroatoms. The lowest BCUT2D eigenvalue weighted by molar-refractivity contribution is 0.350. The summed E-state index contributed by atoms with van der Waals surface area (Å²) in [5, 5.41) is 4.15. The number of benzene rings is 1. The molecule has 0 amide bonds. The molecule has 5 nitrogen and oxygen atoms in total. The van der Waals surface area contributed by atoms with E-state index in [1.165, 1.54) is 25.0 Å². The summed E-state index contributed by atoms with van der Waals surface area (Å²) in [6, 6.07) is 3.12. The van der Waals surface area contributed by atoms with Crippen LogP contribution in [0, 0.1) is 5.82 Å². The molecule has 0 saturated heterocycles. The highest BCUT2D eigenvalue weighted by atomic mass is 79.9. The number of nitrogen functional groups attached to an aromatic ring is 1. The molecule has 0 aliphatic heterocycles. The first-order valence-corrected chi connectivity index (χ1v) is 6.18. The highest BCUT2D eigenvalue weighted by Gasteiger charge is 2.20. The van der Waals surface area contributed by atoms with Crippen LogP contribution in [0.15, 0.2) is 16.6 Å². The Labute approximate surface area is 118 Å². The molecule has 0 spiro atoms. The average molecular weight is 330 g/mol. The van der Waals surface area contributed by atoms with E-state index in [0.29, 0.717) is 23.0 Å².